The van der Waals surface area contributed by atoms with Crippen molar-refractivity contribution in [2.24, 2.45) is 0 Å². The minimum absolute atomic E-state index is 0.0416. The molecule has 0 amide bonds. The Hall–Kier alpha value is -2.22. The topological polar surface area (TPSA) is 40.5 Å². The second-order valence-electron chi connectivity index (χ2n) is 15.3. The standard InChI is InChI=1S/C42H68O2/c1-10-13-14-15-16-17-18-19-20-21-22-23-24-25-26-27-34(35-28-32(11-2)30-37(39(35)43)41(4,5)6)36-29-33(12-3)31-38(40(36)44)42(7,8)9/h19-20,28-31,34,43-44H,10-18,21-27H2,1-9H3. The Morgan fingerprint density at radius 2 is 0.932 bits per heavy atom. The number of hydrogen-bond donors (Lipinski definition) is 2. The van der Waals surface area contributed by atoms with Crippen molar-refractivity contribution in [3.8, 4) is 11.5 Å². The Labute approximate surface area is 272 Å². The largest absolute Gasteiger partial charge is 0.507 e. The lowest BCUT2D eigenvalue weighted by Gasteiger charge is -2.29. The van der Waals surface area contributed by atoms with E-state index in [0.717, 1.165) is 47.9 Å². The zero-order chi connectivity index (χ0) is 32.8. The van der Waals surface area contributed by atoms with E-state index < -0.39 is 0 Å². The van der Waals surface area contributed by atoms with Crippen molar-refractivity contribution in [2.45, 2.75) is 182 Å². The Bertz CT molecular complexity index is 1070. The summed E-state index contributed by atoms with van der Waals surface area (Å²) in [5.74, 6) is 0.775. The van der Waals surface area contributed by atoms with Crippen molar-refractivity contribution in [3.05, 3.63) is 69.8 Å². The van der Waals surface area contributed by atoms with E-state index in [9.17, 15) is 10.2 Å². The second-order valence-corrected chi connectivity index (χ2v) is 15.3. The summed E-state index contributed by atoms with van der Waals surface area (Å²) >= 11 is 0. The van der Waals surface area contributed by atoms with Crippen LogP contribution in [0.15, 0.2) is 36.4 Å². The Kier molecular flexibility index (Phi) is 16.1. The summed E-state index contributed by atoms with van der Waals surface area (Å²) in [7, 11) is 0. The lowest BCUT2D eigenvalue weighted by molar-refractivity contribution is 0.422. The van der Waals surface area contributed by atoms with Gasteiger partial charge in [-0.2, -0.15) is 0 Å². The predicted octanol–water partition coefficient (Wildman–Crippen LogP) is 13.0. The molecule has 0 unspecified atom stereocenters. The number of allylic oxidation sites excluding steroid dienone is 2. The van der Waals surface area contributed by atoms with Gasteiger partial charge in [-0.1, -0.05) is 157 Å². The van der Waals surface area contributed by atoms with Crippen molar-refractivity contribution in [3.63, 3.8) is 0 Å². The van der Waals surface area contributed by atoms with Crippen LogP contribution in [0.1, 0.15) is 192 Å². The predicted molar refractivity (Wildman–Crippen MR) is 194 cm³/mol. The minimum Gasteiger partial charge on any atom is -0.507 e. The van der Waals surface area contributed by atoms with Crippen molar-refractivity contribution < 1.29 is 10.2 Å². The zero-order valence-electron chi connectivity index (χ0n) is 30.2. The number of rotatable bonds is 19. The monoisotopic (exact) mass is 605 g/mol. The Morgan fingerprint density at radius 1 is 0.545 bits per heavy atom. The molecule has 0 spiro atoms. The Balaban J connectivity index is 2.17. The minimum atomic E-state index is -0.165. The molecule has 2 rings (SSSR count). The maximum absolute atomic E-state index is 11.8. The third-order valence-corrected chi connectivity index (χ3v) is 9.34. The number of aromatic hydroxyl groups is 2. The third kappa shape index (κ3) is 11.9. The summed E-state index contributed by atoms with van der Waals surface area (Å²) in [5.41, 5.74) is 6.13. The van der Waals surface area contributed by atoms with E-state index in [1.807, 2.05) is 0 Å². The first kappa shape index (κ1) is 38.0. The molecule has 0 fully saturated rings. The van der Waals surface area contributed by atoms with Gasteiger partial charge in [0.1, 0.15) is 11.5 Å². The second kappa shape index (κ2) is 18.7. The Morgan fingerprint density at radius 3 is 1.32 bits per heavy atom. The van der Waals surface area contributed by atoms with Crippen LogP contribution >= 0.6 is 0 Å². The lowest BCUT2D eigenvalue weighted by Crippen LogP contribution is -2.16. The maximum Gasteiger partial charge on any atom is 0.123 e. The molecular weight excluding hydrogens is 536 g/mol. The molecule has 0 bridgehead atoms. The molecule has 2 heteroatoms. The number of hydrogen-bond acceptors (Lipinski definition) is 2. The van der Waals surface area contributed by atoms with Gasteiger partial charge in [-0.3, -0.25) is 0 Å². The first-order valence-corrected chi connectivity index (χ1v) is 18.2. The van der Waals surface area contributed by atoms with Crippen LogP contribution in [-0.4, -0.2) is 10.2 Å². The fourth-order valence-corrected chi connectivity index (χ4v) is 6.42. The van der Waals surface area contributed by atoms with Crippen LogP contribution in [0.4, 0.5) is 0 Å². The molecule has 0 radical (unpaired) electrons. The molecule has 0 aliphatic carbocycles. The molecule has 0 aliphatic heterocycles. The van der Waals surface area contributed by atoms with E-state index in [1.165, 1.54) is 88.2 Å². The normalized spacial score (nSPS) is 12.6. The molecule has 248 valence electrons. The molecule has 0 heterocycles. The number of benzene rings is 2. The fraction of sp³-hybridized carbons (Fsp3) is 0.667. The van der Waals surface area contributed by atoms with Crippen molar-refractivity contribution in [2.75, 3.05) is 0 Å². The molecular formula is C42H68O2. The smallest absolute Gasteiger partial charge is 0.123 e. The number of phenols is 2. The molecule has 44 heavy (non-hydrogen) atoms. The first-order valence-electron chi connectivity index (χ1n) is 18.2. The van der Waals surface area contributed by atoms with Crippen LogP contribution in [0.2, 0.25) is 0 Å². The van der Waals surface area contributed by atoms with Gasteiger partial charge in [-0.15, -0.1) is 0 Å². The van der Waals surface area contributed by atoms with Crippen LogP contribution in [0.5, 0.6) is 11.5 Å². The zero-order valence-corrected chi connectivity index (χ0v) is 30.2. The van der Waals surface area contributed by atoms with Gasteiger partial charge in [0.25, 0.3) is 0 Å². The fourth-order valence-electron chi connectivity index (χ4n) is 6.42. The lowest BCUT2D eigenvalue weighted by atomic mass is 9.76. The first-order chi connectivity index (χ1) is 20.8. The highest BCUT2D eigenvalue weighted by atomic mass is 16.3. The number of phenolic OH excluding ortho intramolecular Hbond substituents is 2. The summed E-state index contributed by atoms with van der Waals surface area (Å²) < 4.78 is 0. The van der Waals surface area contributed by atoms with Gasteiger partial charge in [0.15, 0.2) is 0 Å². The van der Waals surface area contributed by atoms with Gasteiger partial charge in [0.05, 0.1) is 0 Å². The average molecular weight is 605 g/mol. The van der Waals surface area contributed by atoms with Gasteiger partial charge in [-0.25, -0.2) is 0 Å². The van der Waals surface area contributed by atoms with Crippen LogP contribution in [-0.2, 0) is 23.7 Å². The van der Waals surface area contributed by atoms with Crippen molar-refractivity contribution in [1.29, 1.82) is 0 Å². The van der Waals surface area contributed by atoms with Crippen LogP contribution in [0.25, 0.3) is 0 Å². The van der Waals surface area contributed by atoms with E-state index >= 15 is 0 Å². The van der Waals surface area contributed by atoms with Crippen LogP contribution < -0.4 is 0 Å². The SMILES string of the molecule is CCCCCCCCC=CCCCCCCCC(c1cc(CC)cc(C(C)(C)C)c1O)c1cc(CC)cc(C(C)(C)C)c1O. The van der Waals surface area contributed by atoms with Gasteiger partial charge in [0, 0.05) is 17.0 Å². The van der Waals surface area contributed by atoms with Gasteiger partial charge < -0.3 is 10.2 Å². The molecule has 2 nitrogen and oxygen atoms in total. The third-order valence-electron chi connectivity index (χ3n) is 9.34. The average Bonchev–Trinajstić information content (AvgIpc) is 2.96. The van der Waals surface area contributed by atoms with E-state index in [2.05, 4.69) is 98.7 Å². The van der Waals surface area contributed by atoms with E-state index in [4.69, 9.17) is 0 Å². The summed E-state index contributed by atoms with van der Waals surface area (Å²) in [6, 6.07) is 8.78. The molecule has 2 N–H and O–H groups in total. The van der Waals surface area contributed by atoms with E-state index in [-0.39, 0.29) is 16.7 Å². The van der Waals surface area contributed by atoms with Gasteiger partial charge >= 0.3 is 0 Å². The quantitative estimate of drug-likeness (QED) is 0.124. The van der Waals surface area contributed by atoms with Crippen LogP contribution in [0, 0.1) is 0 Å². The highest BCUT2D eigenvalue weighted by Crippen LogP contribution is 2.46. The van der Waals surface area contributed by atoms with Gasteiger partial charge in [0.2, 0.25) is 0 Å². The molecule has 0 saturated heterocycles. The van der Waals surface area contributed by atoms with Crippen LogP contribution in [0.3, 0.4) is 0 Å². The summed E-state index contributed by atoms with van der Waals surface area (Å²) in [5, 5.41) is 23.5. The van der Waals surface area contributed by atoms with Crippen molar-refractivity contribution in [1.82, 2.24) is 0 Å². The summed E-state index contributed by atoms with van der Waals surface area (Å²) in [6.45, 7) is 19.7. The van der Waals surface area contributed by atoms with E-state index in [0.29, 0.717) is 11.5 Å². The number of unbranched alkanes of at least 4 members (excludes halogenated alkanes) is 11. The molecule has 2 aromatic carbocycles. The number of aryl methyl sites for hydroxylation is 2. The highest BCUT2D eigenvalue weighted by Gasteiger charge is 2.29. The summed E-state index contributed by atoms with van der Waals surface area (Å²) in [6.07, 6.45) is 24.2. The molecule has 2 aromatic rings. The molecule has 0 atom stereocenters. The van der Waals surface area contributed by atoms with Crippen molar-refractivity contribution >= 4 is 0 Å². The van der Waals surface area contributed by atoms with Gasteiger partial charge in [-0.05, 0) is 78.0 Å². The molecule has 0 aromatic heterocycles. The highest BCUT2D eigenvalue weighted by molar-refractivity contribution is 5.56. The molecule has 0 saturated carbocycles. The van der Waals surface area contributed by atoms with E-state index in [1.54, 1.807) is 0 Å². The molecule has 0 aliphatic rings. The summed E-state index contributed by atoms with van der Waals surface area (Å²) in [4.78, 5) is 0. The maximum atomic E-state index is 11.8.